The minimum absolute atomic E-state index is 0.0334. The van der Waals surface area contributed by atoms with Crippen LogP contribution in [0, 0.1) is 0 Å². The molecule has 176 valence electrons. The van der Waals surface area contributed by atoms with Crippen molar-refractivity contribution in [2.24, 2.45) is 0 Å². The third kappa shape index (κ3) is 6.29. The van der Waals surface area contributed by atoms with Gasteiger partial charge in [-0.2, -0.15) is 0 Å². The molecule has 0 amide bonds. The number of esters is 2. The highest BCUT2D eigenvalue weighted by molar-refractivity contribution is 5.94. The molecule has 1 aromatic carbocycles. The second-order valence-corrected chi connectivity index (χ2v) is 7.69. The van der Waals surface area contributed by atoms with Crippen molar-refractivity contribution in [3.8, 4) is 0 Å². The predicted molar refractivity (Wildman–Crippen MR) is 121 cm³/mol. The monoisotopic (exact) mass is 449 g/mol. The van der Waals surface area contributed by atoms with E-state index in [-0.39, 0.29) is 37.8 Å². The summed E-state index contributed by atoms with van der Waals surface area (Å²) in [6.45, 7) is 5.21. The van der Waals surface area contributed by atoms with Gasteiger partial charge in [0, 0.05) is 38.1 Å². The lowest BCUT2D eigenvalue weighted by Crippen LogP contribution is -2.31. The number of nitrogens with zero attached hydrogens (tertiary/aromatic N) is 2. The van der Waals surface area contributed by atoms with Crippen molar-refractivity contribution < 1.29 is 23.5 Å². The van der Waals surface area contributed by atoms with Gasteiger partial charge in [-0.25, -0.2) is 9.18 Å². The fourth-order valence-electron chi connectivity index (χ4n) is 3.32. The fourth-order valence-corrected chi connectivity index (χ4v) is 3.32. The number of fused-ring (bicyclic) bond motifs is 1. The molecule has 2 atom stereocenters. The van der Waals surface area contributed by atoms with Gasteiger partial charge < -0.3 is 19.8 Å². The Morgan fingerprint density at radius 1 is 1.22 bits per heavy atom. The number of carbonyl (C=O) groups excluding carboxylic acids is 2. The Morgan fingerprint density at radius 2 is 1.94 bits per heavy atom. The first-order chi connectivity index (χ1) is 15.2. The van der Waals surface area contributed by atoms with Crippen molar-refractivity contribution in [2.45, 2.75) is 45.8 Å². The van der Waals surface area contributed by atoms with E-state index in [1.165, 1.54) is 13.1 Å². The van der Waals surface area contributed by atoms with Gasteiger partial charge in [-0.15, -0.1) is 0 Å². The number of aromatic nitrogens is 1. The number of rotatable bonds is 11. The number of alkyl halides is 1. The summed E-state index contributed by atoms with van der Waals surface area (Å²) in [6, 6.07) is 5.21. The van der Waals surface area contributed by atoms with Crippen LogP contribution in [0.1, 0.15) is 55.6 Å². The first-order valence-electron chi connectivity index (χ1n) is 10.8. The lowest BCUT2D eigenvalue weighted by Gasteiger charge is -2.22. The van der Waals surface area contributed by atoms with Crippen molar-refractivity contribution in [3.63, 3.8) is 0 Å². The third-order valence-corrected chi connectivity index (χ3v) is 5.02. The van der Waals surface area contributed by atoms with E-state index in [0.717, 1.165) is 5.56 Å². The van der Waals surface area contributed by atoms with Gasteiger partial charge >= 0.3 is 11.9 Å². The number of pyridine rings is 1. The minimum Gasteiger partial charge on any atom is -0.465 e. The lowest BCUT2D eigenvalue weighted by molar-refractivity contribution is -0.143. The summed E-state index contributed by atoms with van der Waals surface area (Å²) in [7, 11) is 3.61. The van der Waals surface area contributed by atoms with Gasteiger partial charge in [0.25, 0.3) is 0 Å². The van der Waals surface area contributed by atoms with Gasteiger partial charge in [-0.3, -0.25) is 14.3 Å². The van der Waals surface area contributed by atoms with E-state index < -0.39 is 23.5 Å². The third-order valence-electron chi connectivity index (χ3n) is 5.02. The van der Waals surface area contributed by atoms with Crippen molar-refractivity contribution >= 4 is 22.8 Å². The van der Waals surface area contributed by atoms with Crippen molar-refractivity contribution in [3.05, 3.63) is 45.7 Å². The molecule has 1 aromatic heterocycles. The Kier molecular flexibility index (Phi) is 9.19. The SMILES string of the molecule is CCOC(=O)c1cn(N(C)C)c2ccc(C(CC)NCC(=O)OCCC(C)F)cc2c1=O. The maximum atomic E-state index is 13.1. The number of ether oxygens (including phenoxy) is 2. The molecule has 9 heteroatoms. The van der Waals surface area contributed by atoms with E-state index in [2.05, 4.69) is 5.32 Å². The second-order valence-electron chi connectivity index (χ2n) is 7.69. The summed E-state index contributed by atoms with van der Waals surface area (Å²) in [4.78, 5) is 37.3. The number of hydrogen-bond acceptors (Lipinski definition) is 7. The Bertz CT molecular complexity index is 1000. The maximum absolute atomic E-state index is 13.1. The van der Waals surface area contributed by atoms with E-state index in [4.69, 9.17) is 9.47 Å². The van der Waals surface area contributed by atoms with Crippen LogP contribution in [-0.2, 0) is 14.3 Å². The van der Waals surface area contributed by atoms with Crippen LogP contribution in [0.5, 0.6) is 0 Å². The molecule has 2 rings (SSSR count). The highest BCUT2D eigenvalue weighted by Crippen LogP contribution is 2.22. The minimum atomic E-state index is -1.03. The fraction of sp³-hybridized carbons (Fsp3) is 0.522. The van der Waals surface area contributed by atoms with Crippen molar-refractivity contribution in [1.29, 1.82) is 0 Å². The molecule has 32 heavy (non-hydrogen) atoms. The maximum Gasteiger partial charge on any atom is 0.343 e. The number of hydrogen-bond donors (Lipinski definition) is 1. The molecule has 0 saturated heterocycles. The molecule has 0 spiro atoms. The summed E-state index contributed by atoms with van der Waals surface area (Å²) in [5, 5.41) is 5.26. The Hall–Kier alpha value is -2.94. The number of benzene rings is 1. The molecule has 0 saturated carbocycles. The van der Waals surface area contributed by atoms with Crippen LogP contribution in [0.3, 0.4) is 0 Å². The van der Waals surface area contributed by atoms with E-state index in [0.29, 0.717) is 17.3 Å². The van der Waals surface area contributed by atoms with Gasteiger partial charge in [0.05, 0.1) is 25.3 Å². The summed E-state index contributed by atoms with van der Waals surface area (Å²) in [6.07, 6.45) is 1.27. The normalized spacial score (nSPS) is 12.9. The lowest BCUT2D eigenvalue weighted by atomic mass is 10.0. The van der Waals surface area contributed by atoms with Crippen LogP contribution < -0.4 is 15.8 Å². The van der Waals surface area contributed by atoms with Gasteiger partial charge in [-0.1, -0.05) is 13.0 Å². The Labute approximate surface area is 187 Å². The Morgan fingerprint density at radius 3 is 2.53 bits per heavy atom. The zero-order chi connectivity index (χ0) is 23.8. The topological polar surface area (TPSA) is 89.9 Å². The van der Waals surface area contributed by atoms with Crippen LogP contribution in [0.25, 0.3) is 10.9 Å². The average Bonchev–Trinajstić information content (AvgIpc) is 2.74. The van der Waals surface area contributed by atoms with Crippen LogP contribution >= 0.6 is 0 Å². The first kappa shape index (κ1) is 25.3. The molecular weight excluding hydrogens is 417 g/mol. The average molecular weight is 450 g/mol. The van der Waals surface area contributed by atoms with Crippen molar-refractivity contribution in [1.82, 2.24) is 9.99 Å². The van der Waals surface area contributed by atoms with Crippen LogP contribution in [0.4, 0.5) is 4.39 Å². The molecule has 2 unspecified atom stereocenters. The smallest absolute Gasteiger partial charge is 0.343 e. The van der Waals surface area contributed by atoms with Crippen LogP contribution in [-0.4, -0.2) is 56.6 Å². The molecule has 0 fully saturated rings. The quantitative estimate of drug-likeness (QED) is 0.528. The highest BCUT2D eigenvalue weighted by Gasteiger charge is 2.19. The summed E-state index contributed by atoms with van der Waals surface area (Å²) in [5.41, 5.74) is 0.991. The molecule has 8 nitrogen and oxygen atoms in total. The first-order valence-corrected chi connectivity index (χ1v) is 10.8. The van der Waals surface area contributed by atoms with E-state index in [1.807, 2.05) is 19.1 Å². The molecule has 0 aliphatic rings. The summed E-state index contributed by atoms with van der Waals surface area (Å²) < 4.78 is 24.6. The van der Waals surface area contributed by atoms with E-state index in [1.54, 1.807) is 36.8 Å². The van der Waals surface area contributed by atoms with Gasteiger partial charge in [0.2, 0.25) is 5.43 Å². The molecule has 0 aliphatic carbocycles. The molecule has 1 heterocycles. The van der Waals surface area contributed by atoms with Gasteiger partial charge in [-0.05, 0) is 38.0 Å². The molecule has 0 aliphatic heterocycles. The van der Waals surface area contributed by atoms with E-state index >= 15 is 0 Å². The standard InChI is InChI=1S/C23H32FN3O5/c1-6-19(25-13-21(28)32-11-10-15(3)24)16-8-9-20-17(12-16)22(29)18(23(30)31-7-2)14-27(20)26(4)5/h8-9,12,14-15,19,25H,6-7,10-11,13H2,1-5H3. The number of halogens is 1. The highest BCUT2D eigenvalue weighted by atomic mass is 19.1. The molecule has 0 bridgehead atoms. The molecular formula is C23H32FN3O5. The van der Waals surface area contributed by atoms with E-state index in [9.17, 15) is 18.8 Å². The second kappa shape index (κ2) is 11.6. The molecule has 1 N–H and O–H groups in total. The molecule has 2 aromatic rings. The number of nitrogens with one attached hydrogen (secondary N) is 1. The zero-order valence-electron chi connectivity index (χ0n) is 19.3. The van der Waals surface area contributed by atoms with Crippen LogP contribution in [0.2, 0.25) is 0 Å². The van der Waals surface area contributed by atoms with Crippen LogP contribution in [0.15, 0.2) is 29.2 Å². The van der Waals surface area contributed by atoms with Gasteiger partial charge in [0.15, 0.2) is 0 Å². The number of carbonyl (C=O) groups is 2. The van der Waals surface area contributed by atoms with Gasteiger partial charge in [0.1, 0.15) is 11.7 Å². The largest absolute Gasteiger partial charge is 0.465 e. The van der Waals surface area contributed by atoms with Crippen molar-refractivity contribution in [2.75, 3.05) is 38.9 Å². The molecule has 0 radical (unpaired) electrons. The zero-order valence-corrected chi connectivity index (χ0v) is 19.3. The summed E-state index contributed by atoms with van der Waals surface area (Å²) >= 11 is 0. The predicted octanol–water partition coefficient (Wildman–Crippen LogP) is 2.71. The Balaban J connectivity index is 2.33. The summed E-state index contributed by atoms with van der Waals surface area (Å²) in [5.74, 6) is -1.14.